The second-order valence-corrected chi connectivity index (χ2v) is 14.7. The second kappa shape index (κ2) is 23.1. The molecule has 0 saturated carbocycles. The van der Waals surface area contributed by atoms with Crippen LogP contribution in [-0.4, -0.2) is 60.4 Å². The van der Waals surface area contributed by atoms with Crippen molar-refractivity contribution in [1.82, 2.24) is 9.80 Å². The molecule has 0 radical (unpaired) electrons. The van der Waals surface area contributed by atoms with Crippen LogP contribution in [0.1, 0.15) is 151 Å². The van der Waals surface area contributed by atoms with Gasteiger partial charge in [-0.05, 0) is 56.4 Å². The standard InChI is InChI=1S/C35H70N2OS/c1-10-15-18-21-24-34(6,14-5)30-37(27-13-4)33(38)28-32(29-36(8)9)39-31-35(7,25-22-19-16-11-2)26-23-20-17-12-3/h13,32H,4,10-12,14-31H2,1-3,5-9H3. The Morgan fingerprint density at radius 2 is 1.28 bits per heavy atom. The van der Waals surface area contributed by atoms with Crippen LogP contribution >= 0.6 is 11.8 Å². The lowest BCUT2D eigenvalue weighted by molar-refractivity contribution is -0.132. The van der Waals surface area contributed by atoms with Crippen LogP contribution in [0.4, 0.5) is 0 Å². The summed E-state index contributed by atoms with van der Waals surface area (Å²) in [6.07, 6.45) is 23.4. The first-order chi connectivity index (χ1) is 18.6. The van der Waals surface area contributed by atoms with Crippen molar-refractivity contribution in [2.24, 2.45) is 10.8 Å². The number of hydrogen-bond acceptors (Lipinski definition) is 3. The molecule has 0 aromatic carbocycles. The summed E-state index contributed by atoms with van der Waals surface area (Å²) in [5, 5.41) is 0.336. The molecule has 0 N–H and O–H groups in total. The third kappa shape index (κ3) is 19.3. The molecule has 2 unspecified atom stereocenters. The summed E-state index contributed by atoms with van der Waals surface area (Å²) in [6.45, 7) is 20.6. The van der Waals surface area contributed by atoms with Gasteiger partial charge in [0.15, 0.2) is 0 Å². The van der Waals surface area contributed by atoms with Crippen molar-refractivity contribution in [3.05, 3.63) is 12.7 Å². The predicted octanol–water partition coefficient (Wildman–Crippen LogP) is 10.4. The minimum Gasteiger partial charge on any atom is -0.338 e. The Hall–Kier alpha value is -0.480. The van der Waals surface area contributed by atoms with Gasteiger partial charge in [-0.15, -0.1) is 6.58 Å². The Morgan fingerprint density at radius 3 is 1.69 bits per heavy atom. The molecule has 3 nitrogen and oxygen atoms in total. The normalized spacial score (nSPS) is 14.4. The maximum absolute atomic E-state index is 13.8. The average Bonchev–Trinajstić information content (AvgIpc) is 2.90. The summed E-state index contributed by atoms with van der Waals surface area (Å²) in [7, 11) is 4.30. The summed E-state index contributed by atoms with van der Waals surface area (Å²) in [5.74, 6) is 1.48. The smallest absolute Gasteiger partial charge is 0.224 e. The molecule has 0 rings (SSSR count). The third-order valence-corrected chi connectivity index (χ3v) is 10.3. The average molecular weight is 567 g/mol. The fraction of sp³-hybridized carbons (Fsp3) is 0.914. The highest BCUT2D eigenvalue weighted by molar-refractivity contribution is 8.00. The fourth-order valence-electron chi connectivity index (χ4n) is 5.67. The molecular weight excluding hydrogens is 496 g/mol. The van der Waals surface area contributed by atoms with E-state index in [-0.39, 0.29) is 5.41 Å². The van der Waals surface area contributed by atoms with Gasteiger partial charge < -0.3 is 9.80 Å². The Kier molecular flexibility index (Phi) is 22.8. The lowest BCUT2D eigenvalue weighted by atomic mass is 9.81. The summed E-state index contributed by atoms with van der Waals surface area (Å²) in [6, 6.07) is 0. The SMILES string of the molecule is C=CCN(CC(C)(CC)CCCCCC)C(=O)CC(CN(C)C)SCC(C)(CCCCCC)CCCCCC. The van der Waals surface area contributed by atoms with Crippen molar-refractivity contribution in [3.63, 3.8) is 0 Å². The monoisotopic (exact) mass is 567 g/mol. The Morgan fingerprint density at radius 1 is 0.795 bits per heavy atom. The molecule has 0 aliphatic carbocycles. The molecular formula is C35H70N2OS. The first-order valence-electron chi connectivity index (χ1n) is 16.7. The summed E-state index contributed by atoms with van der Waals surface area (Å²) >= 11 is 2.08. The number of unbranched alkanes of at least 4 members (excludes halogenated alkanes) is 9. The minimum atomic E-state index is 0.187. The first kappa shape index (κ1) is 38.5. The first-order valence-corrected chi connectivity index (χ1v) is 17.8. The van der Waals surface area contributed by atoms with Crippen molar-refractivity contribution >= 4 is 17.7 Å². The highest BCUT2D eigenvalue weighted by Gasteiger charge is 2.30. The Bertz CT molecular complexity index is 595. The van der Waals surface area contributed by atoms with Crippen molar-refractivity contribution in [2.45, 2.75) is 156 Å². The van der Waals surface area contributed by atoms with Gasteiger partial charge in [0.05, 0.1) is 0 Å². The van der Waals surface area contributed by atoms with Crippen LogP contribution in [0.3, 0.4) is 0 Å². The van der Waals surface area contributed by atoms with Crippen molar-refractivity contribution < 1.29 is 4.79 Å². The van der Waals surface area contributed by atoms with Crippen molar-refractivity contribution in [3.8, 4) is 0 Å². The maximum atomic E-state index is 13.8. The van der Waals surface area contributed by atoms with Crippen LogP contribution in [0, 0.1) is 10.8 Å². The molecule has 0 bridgehead atoms. The molecule has 0 aliphatic heterocycles. The van der Waals surface area contributed by atoms with E-state index in [2.05, 4.69) is 83.8 Å². The number of carbonyl (C=O) groups is 1. The molecule has 0 spiro atoms. The molecule has 0 heterocycles. The molecule has 0 aliphatic rings. The molecule has 39 heavy (non-hydrogen) atoms. The van der Waals surface area contributed by atoms with E-state index < -0.39 is 0 Å². The van der Waals surface area contributed by atoms with E-state index >= 15 is 0 Å². The van der Waals surface area contributed by atoms with Crippen LogP contribution in [0.25, 0.3) is 0 Å². The van der Waals surface area contributed by atoms with Gasteiger partial charge in [0.2, 0.25) is 5.91 Å². The number of amides is 1. The molecule has 1 amide bonds. The zero-order valence-electron chi connectivity index (χ0n) is 27.9. The number of carbonyl (C=O) groups excluding carboxylic acids is 1. The third-order valence-electron chi connectivity index (χ3n) is 8.67. The Balaban J connectivity index is 5.37. The topological polar surface area (TPSA) is 23.6 Å². The van der Waals surface area contributed by atoms with E-state index in [0.717, 1.165) is 19.5 Å². The lowest BCUT2D eigenvalue weighted by Crippen LogP contribution is -2.42. The van der Waals surface area contributed by atoms with E-state index in [4.69, 9.17) is 0 Å². The van der Waals surface area contributed by atoms with Gasteiger partial charge in [-0.25, -0.2) is 0 Å². The van der Waals surface area contributed by atoms with Gasteiger partial charge in [0, 0.05) is 31.3 Å². The highest BCUT2D eigenvalue weighted by atomic mass is 32.2. The molecule has 4 heteroatoms. The van der Waals surface area contributed by atoms with Crippen LogP contribution in [0.15, 0.2) is 12.7 Å². The van der Waals surface area contributed by atoms with Crippen LogP contribution < -0.4 is 0 Å². The maximum Gasteiger partial charge on any atom is 0.224 e. The van der Waals surface area contributed by atoms with Crippen LogP contribution in [0.5, 0.6) is 0 Å². The molecule has 232 valence electrons. The number of hydrogen-bond donors (Lipinski definition) is 0. The molecule has 0 saturated heterocycles. The van der Waals surface area contributed by atoms with Gasteiger partial charge in [0.1, 0.15) is 0 Å². The number of rotatable bonds is 27. The zero-order valence-corrected chi connectivity index (χ0v) is 28.7. The van der Waals surface area contributed by atoms with E-state index in [0.29, 0.717) is 29.5 Å². The van der Waals surface area contributed by atoms with Gasteiger partial charge in [-0.3, -0.25) is 4.79 Å². The quantitative estimate of drug-likeness (QED) is 0.0730. The van der Waals surface area contributed by atoms with E-state index in [1.807, 2.05) is 6.08 Å². The molecule has 2 atom stereocenters. The zero-order chi connectivity index (χ0) is 29.6. The fourth-order valence-corrected chi connectivity index (χ4v) is 7.26. The lowest BCUT2D eigenvalue weighted by Gasteiger charge is -2.36. The molecule has 0 aromatic heterocycles. The summed E-state index contributed by atoms with van der Waals surface area (Å²) < 4.78 is 0. The Labute approximate surface area is 250 Å². The van der Waals surface area contributed by atoms with Gasteiger partial charge in [-0.2, -0.15) is 11.8 Å². The predicted molar refractivity (Wildman–Crippen MR) is 179 cm³/mol. The van der Waals surface area contributed by atoms with E-state index in [1.165, 1.54) is 102 Å². The second-order valence-electron chi connectivity index (χ2n) is 13.4. The van der Waals surface area contributed by atoms with Gasteiger partial charge in [0.25, 0.3) is 0 Å². The van der Waals surface area contributed by atoms with E-state index in [9.17, 15) is 4.79 Å². The van der Waals surface area contributed by atoms with Gasteiger partial charge in [-0.1, -0.05) is 125 Å². The molecule has 0 aromatic rings. The van der Waals surface area contributed by atoms with Crippen LogP contribution in [-0.2, 0) is 4.79 Å². The van der Waals surface area contributed by atoms with Crippen LogP contribution in [0.2, 0.25) is 0 Å². The van der Waals surface area contributed by atoms with E-state index in [1.54, 1.807) is 0 Å². The minimum absolute atomic E-state index is 0.187. The highest BCUT2D eigenvalue weighted by Crippen LogP contribution is 2.37. The van der Waals surface area contributed by atoms with Crippen molar-refractivity contribution in [1.29, 1.82) is 0 Å². The number of thioether (sulfide) groups is 1. The summed E-state index contributed by atoms with van der Waals surface area (Å²) in [4.78, 5) is 18.1. The summed E-state index contributed by atoms with van der Waals surface area (Å²) in [5.41, 5.74) is 0.561. The molecule has 0 fully saturated rings. The number of nitrogens with zero attached hydrogens (tertiary/aromatic N) is 2. The van der Waals surface area contributed by atoms with Crippen molar-refractivity contribution in [2.75, 3.05) is 39.5 Å². The van der Waals surface area contributed by atoms with Gasteiger partial charge >= 0.3 is 0 Å². The largest absolute Gasteiger partial charge is 0.338 e.